The fourth-order valence-electron chi connectivity index (χ4n) is 3.39. The van der Waals surface area contributed by atoms with E-state index in [0.717, 1.165) is 31.4 Å². The highest BCUT2D eigenvalue weighted by Crippen LogP contribution is 2.19. The van der Waals surface area contributed by atoms with Crippen LogP contribution in [0.3, 0.4) is 0 Å². The minimum atomic E-state index is -0.203. The number of aromatic nitrogens is 1. The SMILES string of the molecule is CCN(C(=O)c1cc(C(=O)NC2CCCCC2)ccn1)c1ccccc1. The van der Waals surface area contributed by atoms with Crippen molar-refractivity contribution < 1.29 is 9.59 Å². The average molecular weight is 351 g/mol. The van der Waals surface area contributed by atoms with Crippen LogP contribution in [-0.2, 0) is 0 Å². The molecule has 1 aromatic carbocycles. The summed E-state index contributed by atoms with van der Waals surface area (Å²) in [4.78, 5) is 31.3. The van der Waals surface area contributed by atoms with Crippen molar-refractivity contribution in [1.29, 1.82) is 0 Å². The monoisotopic (exact) mass is 351 g/mol. The quantitative estimate of drug-likeness (QED) is 0.891. The van der Waals surface area contributed by atoms with E-state index in [1.165, 1.54) is 12.6 Å². The Kier molecular flexibility index (Phi) is 6.00. The molecule has 0 saturated heterocycles. The van der Waals surface area contributed by atoms with E-state index in [2.05, 4.69) is 10.3 Å². The maximum Gasteiger partial charge on any atom is 0.276 e. The lowest BCUT2D eigenvalue weighted by atomic mass is 9.95. The number of hydrogen-bond acceptors (Lipinski definition) is 3. The van der Waals surface area contributed by atoms with Crippen LogP contribution in [0.15, 0.2) is 48.7 Å². The number of anilines is 1. The molecule has 2 amide bonds. The summed E-state index contributed by atoms with van der Waals surface area (Å²) in [5.74, 6) is -0.331. The topological polar surface area (TPSA) is 62.3 Å². The van der Waals surface area contributed by atoms with Gasteiger partial charge in [0.15, 0.2) is 0 Å². The largest absolute Gasteiger partial charge is 0.349 e. The molecule has 1 heterocycles. The van der Waals surface area contributed by atoms with E-state index in [0.29, 0.717) is 12.1 Å². The highest BCUT2D eigenvalue weighted by molar-refractivity contribution is 6.06. The molecule has 3 rings (SSSR count). The van der Waals surface area contributed by atoms with E-state index in [1.54, 1.807) is 17.0 Å². The Morgan fingerprint density at radius 2 is 1.85 bits per heavy atom. The van der Waals surface area contributed by atoms with Crippen molar-refractivity contribution in [3.05, 3.63) is 59.9 Å². The van der Waals surface area contributed by atoms with Crippen molar-refractivity contribution in [3.8, 4) is 0 Å². The first kappa shape index (κ1) is 18.1. The number of nitrogens with one attached hydrogen (secondary N) is 1. The minimum absolute atomic E-state index is 0.129. The summed E-state index contributed by atoms with van der Waals surface area (Å²) in [6.45, 7) is 2.45. The smallest absolute Gasteiger partial charge is 0.276 e. The lowest BCUT2D eigenvalue weighted by molar-refractivity contribution is 0.0927. The van der Waals surface area contributed by atoms with Crippen LogP contribution in [0.1, 0.15) is 59.9 Å². The predicted octanol–water partition coefficient (Wildman–Crippen LogP) is 3.81. The van der Waals surface area contributed by atoms with Gasteiger partial charge in [0.2, 0.25) is 0 Å². The number of para-hydroxylation sites is 1. The van der Waals surface area contributed by atoms with Gasteiger partial charge in [-0.15, -0.1) is 0 Å². The summed E-state index contributed by atoms with van der Waals surface area (Å²) in [7, 11) is 0. The third-order valence-corrected chi connectivity index (χ3v) is 4.81. The molecule has 1 fully saturated rings. The normalized spacial score (nSPS) is 14.7. The zero-order valence-electron chi connectivity index (χ0n) is 15.1. The third kappa shape index (κ3) is 4.28. The molecular formula is C21H25N3O2. The Balaban J connectivity index is 1.75. The Morgan fingerprint density at radius 3 is 2.54 bits per heavy atom. The van der Waals surface area contributed by atoms with Crippen molar-refractivity contribution in [1.82, 2.24) is 10.3 Å². The Hall–Kier alpha value is -2.69. The zero-order chi connectivity index (χ0) is 18.4. The van der Waals surface area contributed by atoms with Crippen LogP contribution in [0, 0.1) is 0 Å². The first-order valence-corrected chi connectivity index (χ1v) is 9.33. The van der Waals surface area contributed by atoms with Gasteiger partial charge in [-0.25, -0.2) is 0 Å². The highest BCUT2D eigenvalue weighted by atomic mass is 16.2. The van der Waals surface area contributed by atoms with Gasteiger partial charge in [0.25, 0.3) is 11.8 Å². The fourth-order valence-corrected chi connectivity index (χ4v) is 3.39. The number of carbonyl (C=O) groups excluding carboxylic acids is 2. The van der Waals surface area contributed by atoms with E-state index in [1.807, 2.05) is 37.3 Å². The molecule has 136 valence electrons. The first-order chi connectivity index (χ1) is 12.7. The molecule has 1 aromatic heterocycles. The average Bonchev–Trinajstić information content (AvgIpc) is 2.70. The molecule has 1 N–H and O–H groups in total. The second kappa shape index (κ2) is 8.61. The van der Waals surface area contributed by atoms with Gasteiger partial charge in [-0.3, -0.25) is 14.6 Å². The van der Waals surface area contributed by atoms with Crippen molar-refractivity contribution in [2.75, 3.05) is 11.4 Å². The molecule has 1 saturated carbocycles. The maximum absolute atomic E-state index is 12.9. The van der Waals surface area contributed by atoms with Gasteiger partial charge in [0, 0.05) is 30.0 Å². The Morgan fingerprint density at radius 1 is 1.12 bits per heavy atom. The Labute approximate surface area is 154 Å². The zero-order valence-corrected chi connectivity index (χ0v) is 15.1. The molecular weight excluding hydrogens is 326 g/mol. The van der Waals surface area contributed by atoms with Crippen molar-refractivity contribution in [2.45, 2.75) is 45.1 Å². The van der Waals surface area contributed by atoms with Crippen LogP contribution >= 0.6 is 0 Å². The maximum atomic E-state index is 12.9. The molecule has 5 nitrogen and oxygen atoms in total. The number of hydrogen-bond donors (Lipinski definition) is 1. The number of nitrogens with zero attached hydrogens (tertiary/aromatic N) is 2. The molecule has 2 aromatic rings. The summed E-state index contributed by atoms with van der Waals surface area (Å²) >= 11 is 0. The molecule has 5 heteroatoms. The van der Waals surface area contributed by atoms with Crippen LogP contribution in [0.4, 0.5) is 5.69 Å². The second-order valence-corrected chi connectivity index (χ2v) is 6.62. The van der Waals surface area contributed by atoms with Crippen LogP contribution in [0.25, 0.3) is 0 Å². The van der Waals surface area contributed by atoms with Crippen molar-refractivity contribution in [2.24, 2.45) is 0 Å². The standard InChI is InChI=1S/C21H25N3O2/c1-2-24(18-11-7-4-8-12-18)21(26)19-15-16(13-14-22-19)20(25)23-17-9-5-3-6-10-17/h4,7-8,11-15,17H,2-3,5-6,9-10H2,1H3,(H,23,25). The van der Waals surface area contributed by atoms with Crippen LogP contribution < -0.4 is 10.2 Å². The van der Waals surface area contributed by atoms with Gasteiger partial charge in [-0.1, -0.05) is 37.5 Å². The van der Waals surface area contributed by atoms with Crippen molar-refractivity contribution >= 4 is 17.5 Å². The lowest BCUT2D eigenvalue weighted by Gasteiger charge is -2.23. The highest BCUT2D eigenvalue weighted by Gasteiger charge is 2.20. The summed E-state index contributed by atoms with van der Waals surface area (Å²) in [6, 6.07) is 13.0. The number of pyridine rings is 1. The molecule has 1 aliphatic carbocycles. The summed E-state index contributed by atoms with van der Waals surface area (Å²) in [5.41, 5.74) is 1.59. The molecule has 1 aliphatic rings. The van der Waals surface area contributed by atoms with Gasteiger partial charge < -0.3 is 10.2 Å². The van der Waals surface area contributed by atoms with E-state index in [4.69, 9.17) is 0 Å². The summed E-state index contributed by atoms with van der Waals surface area (Å²) < 4.78 is 0. The molecule has 0 aliphatic heterocycles. The number of amides is 2. The van der Waals surface area contributed by atoms with Crippen molar-refractivity contribution in [3.63, 3.8) is 0 Å². The predicted molar refractivity (Wildman–Crippen MR) is 102 cm³/mol. The van der Waals surface area contributed by atoms with Crippen LogP contribution in [0.5, 0.6) is 0 Å². The molecule has 0 bridgehead atoms. The third-order valence-electron chi connectivity index (χ3n) is 4.81. The molecule has 0 unspecified atom stereocenters. The summed E-state index contributed by atoms with van der Waals surface area (Å²) in [5, 5.41) is 3.08. The Bertz CT molecular complexity index is 755. The van der Waals surface area contributed by atoms with E-state index in [9.17, 15) is 9.59 Å². The molecule has 0 atom stereocenters. The molecule has 0 radical (unpaired) electrons. The van der Waals surface area contributed by atoms with Gasteiger partial charge in [-0.2, -0.15) is 0 Å². The molecule has 0 spiro atoms. The van der Waals surface area contributed by atoms with E-state index < -0.39 is 0 Å². The first-order valence-electron chi connectivity index (χ1n) is 9.33. The minimum Gasteiger partial charge on any atom is -0.349 e. The van der Waals surface area contributed by atoms with E-state index >= 15 is 0 Å². The van der Waals surface area contributed by atoms with E-state index in [-0.39, 0.29) is 23.6 Å². The molecule has 26 heavy (non-hydrogen) atoms. The second-order valence-electron chi connectivity index (χ2n) is 6.62. The van der Waals surface area contributed by atoms with Gasteiger partial charge in [-0.05, 0) is 44.0 Å². The van der Waals surface area contributed by atoms with Crippen LogP contribution in [0.2, 0.25) is 0 Å². The number of rotatable bonds is 5. The van der Waals surface area contributed by atoms with Gasteiger partial charge in [0.05, 0.1) is 0 Å². The lowest BCUT2D eigenvalue weighted by Crippen LogP contribution is -2.36. The fraction of sp³-hybridized carbons (Fsp3) is 0.381. The van der Waals surface area contributed by atoms with Gasteiger partial charge in [0.1, 0.15) is 5.69 Å². The summed E-state index contributed by atoms with van der Waals surface area (Å²) in [6.07, 6.45) is 7.15. The number of carbonyl (C=O) groups is 2. The van der Waals surface area contributed by atoms with Gasteiger partial charge >= 0.3 is 0 Å². The number of benzene rings is 1. The van der Waals surface area contributed by atoms with Crippen LogP contribution in [-0.4, -0.2) is 29.4 Å².